The molecule has 4 nitrogen and oxygen atoms in total. The highest BCUT2D eigenvalue weighted by molar-refractivity contribution is 5.81. The van der Waals surface area contributed by atoms with Gasteiger partial charge in [0.25, 0.3) is 0 Å². The third-order valence-electron chi connectivity index (χ3n) is 2.95. The molecule has 0 aromatic heterocycles. The average Bonchev–Trinajstić information content (AvgIpc) is 2.34. The molecular formula is C14H23N3O. The van der Waals surface area contributed by atoms with Crippen LogP contribution in [0.15, 0.2) is 23.4 Å². The summed E-state index contributed by atoms with van der Waals surface area (Å²) in [6.07, 6.45) is 1.05. The number of rotatable bonds is 6. The van der Waals surface area contributed by atoms with E-state index in [2.05, 4.69) is 49.0 Å². The van der Waals surface area contributed by atoms with E-state index >= 15 is 0 Å². The van der Waals surface area contributed by atoms with Gasteiger partial charge in [-0.05, 0) is 37.9 Å². The summed E-state index contributed by atoms with van der Waals surface area (Å²) >= 11 is 0. The second-order valence-electron chi connectivity index (χ2n) is 4.73. The van der Waals surface area contributed by atoms with E-state index in [9.17, 15) is 0 Å². The van der Waals surface area contributed by atoms with E-state index in [1.165, 1.54) is 16.7 Å². The number of nitrogens with two attached hydrogens (primary N) is 1. The average molecular weight is 249 g/mol. The molecule has 0 amide bonds. The Labute approximate surface area is 109 Å². The van der Waals surface area contributed by atoms with Crippen LogP contribution in [0.5, 0.6) is 0 Å². The molecule has 100 valence electrons. The molecule has 0 saturated carbocycles. The van der Waals surface area contributed by atoms with Crippen LogP contribution >= 0.6 is 0 Å². The van der Waals surface area contributed by atoms with Crippen molar-refractivity contribution in [3.8, 4) is 0 Å². The zero-order valence-electron chi connectivity index (χ0n) is 11.5. The fourth-order valence-electron chi connectivity index (χ4n) is 2.00. The number of benzene rings is 1. The third-order valence-corrected chi connectivity index (χ3v) is 2.95. The molecule has 0 fully saturated rings. The highest BCUT2D eigenvalue weighted by atomic mass is 16.4. The first-order valence-electron chi connectivity index (χ1n) is 6.31. The van der Waals surface area contributed by atoms with Crippen molar-refractivity contribution in [3.63, 3.8) is 0 Å². The number of hydrogen-bond donors (Lipinski definition) is 2. The van der Waals surface area contributed by atoms with Crippen molar-refractivity contribution in [2.24, 2.45) is 10.9 Å². The summed E-state index contributed by atoms with van der Waals surface area (Å²) in [4.78, 5) is 2.19. The van der Waals surface area contributed by atoms with Crippen LogP contribution in [0.25, 0.3) is 0 Å². The summed E-state index contributed by atoms with van der Waals surface area (Å²) < 4.78 is 0. The second kappa shape index (κ2) is 7.01. The van der Waals surface area contributed by atoms with Crippen LogP contribution < -0.4 is 5.73 Å². The van der Waals surface area contributed by atoms with Crippen molar-refractivity contribution >= 4 is 5.84 Å². The Kier molecular flexibility index (Phi) is 5.65. The molecule has 0 spiro atoms. The Bertz CT molecular complexity index is 416. The third kappa shape index (κ3) is 4.37. The molecule has 1 aromatic rings. The number of amidine groups is 1. The van der Waals surface area contributed by atoms with E-state index in [1.54, 1.807) is 0 Å². The second-order valence-corrected chi connectivity index (χ2v) is 4.73. The molecular weight excluding hydrogens is 226 g/mol. The zero-order chi connectivity index (χ0) is 13.5. The van der Waals surface area contributed by atoms with Crippen LogP contribution in [0.1, 0.15) is 30.0 Å². The van der Waals surface area contributed by atoms with Crippen molar-refractivity contribution in [1.82, 2.24) is 4.90 Å². The van der Waals surface area contributed by atoms with Crippen LogP contribution in [-0.4, -0.2) is 29.0 Å². The maximum absolute atomic E-state index is 8.65. The fourth-order valence-corrected chi connectivity index (χ4v) is 2.00. The van der Waals surface area contributed by atoms with E-state index in [4.69, 9.17) is 10.9 Å². The maximum atomic E-state index is 8.65. The minimum absolute atomic E-state index is 0.258. The van der Waals surface area contributed by atoms with Gasteiger partial charge in [-0.25, -0.2) is 0 Å². The molecule has 4 heteroatoms. The topological polar surface area (TPSA) is 61.8 Å². The molecule has 0 unspecified atom stereocenters. The van der Waals surface area contributed by atoms with Gasteiger partial charge in [-0.2, -0.15) is 0 Å². The van der Waals surface area contributed by atoms with Crippen LogP contribution in [-0.2, 0) is 6.54 Å². The monoisotopic (exact) mass is 249 g/mol. The molecule has 0 aliphatic heterocycles. The van der Waals surface area contributed by atoms with Gasteiger partial charge < -0.3 is 10.9 Å². The van der Waals surface area contributed by atoms with Gasteiger partial charge in [0.1, 0.15) is 0 Å². The van der Waals surface area contributed by atoms with Gasteiger partial charge >= 0.3 is 0 Å². The first-order valence-corrected chi connectivity index (χ1v) is 6.31. The first kappa shape index (κ1) is 14.5. The van der Waals surface area contributed by atoms with Crippen LogP contribution in [0.2, 0.25) is 0 Å². The van der Waals surface area contributed by atoms with Gasteiger partial charge in [0, 0.05) is 6.54 Å². The highest BCUT2D eigenvalue weighted by Gasteiger charge is 2.09. The molecule has 0 saturated heterocycles. The quantitative estimate of drug-likeness (QED) is 0.352. The number of aryl methyl sites for hydroxylation is 2. The molecule has 0 atom stereocenters. The molecule has 0 aliphatic rings. The summed E-state index contributed by atoms with van der Waals surface area (Å²) in [5.41, 5.74) is 9.42. The molecule has 1 rings (SSSR count). The lowest BCUT2D eigenvalue weighted by Crippen LogP contribution is -2.34. The van der Waals surface area contributed by atoms with Gasteiger partial charge in [-0.3, -0.25) is 4.90 Å². The molecule has 0 aliphatic carbocycles. The Balaban J connectivity index is 2.79. The molecule has 0 heterocycles. The van der Waals surface area contributed by atoms with Crippen LogP contribution in [0.3, 0.4) is 0 Å². The molecule has 18 heavy (non-hydrogen) atoms. The Morgan fingerprint density at radius 3 is 2.72 bits per heavy atom. The van der Waals surface area contributed by atoms with E-state index in [0.717, 1.165) is 19.5 Å². The predicted molar refractivity (Wildman–Crippen MR) is 74.9 cm³/mol. The van der Waals surface area contributed by atoms with Crippen molar-refractivity contribution in [2.75, 3.05) is 13.1 Å². The minimum Gasteiger partial charge on any atom is -0.409 e. The smallest absolute Gasteiger partial charge is 0.153 e. The summed E-state index contributed by atoms with van der Waals surface area (Å²) in [5.74, 6) is 0.258. The van der Waals surface area contributed by atoms with Crippen LogP contribution in [0, 0.1) is 13.8 Å². The highest BCUT2D eigenvalue weighted by Crippen LogP contribution is 2.13. The largest absolute Gasteiger partial charge is 0.409 e. The first-order chi connectivity index (χ1) is 8.56. The van der Waals surface area contributed by atoms with Crippen molar-refractivity contribution < 1.29 is 5.21 Å². The number of hydrogen-bond acceptors (Lipinski definition) is 3. The minimum atomic E-state index is 0.258. The van der Waals surface area contributed by atoms with Gasteiger partial charge in [-0.15, -0.1) is 0 Å². The normalized spacial score (nSPS) is 12.1. The molecule has 3 N–H and O–H groups in total. The summed E-state index contributed by atoms with van der Waals surface area (Å²) in [5, 5.41) is 11.7. The van der Waals surface area contributed by atoms with Gasteiger partial charge in [0.15, 0.2) is 5.84 Å². The number of nitrogens with zero attached hydrogens (tertiary/aromatic N) is 2. The fraction of sp³-hybridized carbons (Fsp3) is 0.500. The summed E-state index contributed by atoms with van der Waals surface area (Å²) in [7, 11) is 0. The maximum Gasteiger partial charge on any atom is 0.153 e. The number of oxime groups is 1. The van der Waals surface area contributed by atoms with Gasteiger partial charge in [0.2, 0.25) is 0 Å². The lowest BCUT2D eigenvalue weighted by Gasteiger charge is -2.22. The molecule has 0 radical (unpaired) electrons. The van der Waals surface area contributed by atoms with Crippen LogP contribution in [0.4, 0.5) is 0 Å². The Morgan fingerprint density at radius 1 is 1.39 bits per heavy atom. The van der Waals surface area contributed by atoms with Crippen molar-refractivity contribution in [2.45, 2.75) is 33.7 Å². The van der Waals surface area contributed by atoms with Gasteiger partial charge in [0.05, 0.1) is 6.54 Å². The van der Waals surface area contributed by atoms with E-state index < -0.39 is 0 Å². The van der Waals surface area contributed by atoms with Crippen molar-refractivity contribution in [1.29, 1.82) is 0 Å². The summed E-state index contributed by atoms with van der Waals surface area (Å²) in [6.45, 7) is 8.60. The van der Waals surface area contributed by atoms with Crippen molar-refractivity contribution in [3.05, 3.63) is 34.9 Å². The van der Waals surface area contributed by atoms with E-state index in [1.807, 2.05) is 0 Å². The standard InChI is InChI=1S/C14H23N3O/c1-4-7-17(10-14(15)16-18)9-13-8-11(2)5-6-12(13)3/h5-6,8,18H,4,7,9-10H2,1-3H3,(H2,15,16). The Hall–Kier alpha value is -1.55. The van der Waals surface area contributed by atoms with Gasteiger partial charge in [-0.1, -0.05) is 35.8 Å². The predicted octanol–water partition coefficient (Wildman–Crippen LogP) is 2.26. The SMILES string of the molecule is CCCN(CC(N)=NO)Cc1cc(C)ccc1C. The van der Waals surface area contributed by atoms with E-state index in [0.29, 0.717) is 6.54 Å². The lowest BCUT2D eigenvalue weighted by atomic mass is 10.1. The molecule has 1 aromatic carbocycles. The zero-order valence-corrected chi connectivity index (χ0v) is 11.5. The lowest BCUT2D eigenvalue weighted by molar-refractivity contribution is 0.285. The van der Waals surface area contributed by atoms with E-state index in [-0.39, 0.29) is 5.84 Å². The Morgan fingerprint density at radius 2 is 2.11 bits per heavy atom. The summed E-state index contributed by atoms with van der Waals surface area (Å²) in [6, 6.07) is 6.45. The molecule has 0 bridgehead atoms.